The summed E-state index contributed by atoms with van der Waals surface area (Å²) in [5.41, 5.74) is 2.46. The molecule has 1 aliphatic rings. The minimum Gasteiger partial charge on any atom is -0.381 e. The standard InChI is InChI=1S/C18H19FN2O2/c19-16-3-1-13(2-4-16)9-14-10-15(12-20-11-14)18(22)21-17-5-7-23-8-6-17/h1-4,10-12,17H,5-9H2,(H,21,22). The molecule has 0 unspecified atom stereocenters. The van der Waals surface area contributed by atoms with Crippen molar-refractivity contribution in [3.05, 3.63) is 65.2 Å². The Balaban J connectivity index is 1.66. The fourth-order valence-electron chi connectivity index (χ4n) is 2.66. The molecule has 2 heterocycles. The van der Waals surface area contributed by atoms with Gasteiger partial charge in [0.25, 0.3) is 5.91 Å². The minimum absolute atomic E-state index is 0.106. The van der Waals surface area contributed by atoms with Crippen molar-refractivity contribution in [2.45, 2.75) is 25.3 Å². The second-order valence-electron chi connectivity index (χ2n) is 5.75. The predicted octanol–water partition coefficient (Wildman–Crippen LogP) is 2.72. The first-order chi connectivity index (χ1) is 11.2. The number of nitrogens with zero attached hydrogens (tertiary/aromatic N) is 1. The molecule has 23 heavy (non-hydrogen) atoms. The Morgan fingerprint density at radius 1 is 1.17 bits per heavy atom. The molecule has 0 bridgehead atoms. The van der Waals surface area contributed by atoms with Gasteiger partial charge in [-0.1, -0.05) is 12.1 Å². The Kier molecular flexibility index (Phi) is 4.98. The van der Waals surface area contributed by atoms with Crippen LogP contribution in [0.15, 0.2) is 42.7 Å². The number of ether oxygens (including phenoxy) is 1. The normalized spacial score (nSPS) is 15.3. The molecule has 4 nitrogen and oxygen atoms in total. The summed E-state index contributed by atoms with van der Waals surface area (Å²) in [5.74, 6) is -0.359. The van der Waals surface area contributed by atoms with Gasteiger partial charge in [0.2, 0.25) is 0 Å². The highest BCUT2D eigenvalue weighted by Crippen LogP contribution is 2.12. The van der Waals surface area contributed by atoms with Crippen LogP contribution in [-0.4, -0.2) is 30.1 Å². The molecule has 0 atom stereocenters. The molecule has 0 aliphatic carbocycles. The van der Waals surface area contributed by atoms with Crippen molar-refractivity contribution in [3.63, 3.8) is 0 Å². The molecule has 2 aromatic rings. The van der Waals surface area contributed by atoms with Crippen molar-refractivity contribution in [3.8, 4) is 0 Å². The van der Waals surface area contributed by atoms with Gasteiger partial charge < -0.3 is 10.1 Å². The van der Waals surface area contributed by atoms with Gasteiger partial charge in [0.05, 0.1) is 5.56 Å². The van der Waals surface area contributed by atoms with Gasteiger partial charge in [-0.25, -0.2) is 4.39 Å². The summed E-state index contributed by atoms with van der Waals surface area (Å²) in [7, 11) is 0. The number of nitrogens with one attached hydrogen (secondary N) is 1. The topological polar surface area (TPSA) is 51.2 Å². The molecule has 1 aromatic carbocycles. The van der Waals surface area contributed by atoms with Crippen LogP contribution in [0.25, 0.3) is 0 Å². The second-order valence-corrected chi connectivity index (χ2v) is 5.75. The number of hydrogen-bond donors (Lipinski definition) is 1. The van der Waals surface area contributed by atoms with E-state index in [2.05, 4.69) is 10.3 Å². The maximum atomic E-state index is 12.9. The van der Waals surface area contributed by atoms with Crippen molar-refractivity contribution < 1.29 is 13.9 Å². The van der Waals surface area contributed by atoms with Gasteiger partial charge in [0.15, 0.2) is 0 Å². The van der Waals surface area contributed by atoms with E-state index in [9.17, 15) is 9.18 Å². The molecule has 0 spiro atoms. The summed E-state index contributed by atoms with van der Waals surface area (Å²) < 4.78 is 18.2. The minimum atomic E-state index is -0.253. The number of carbonyl (C=O) groups is 1. The van der Waals surface area contributed by atoms with Crippen molar-refractivity contribution in [1.29, 1.82) is 0 Å². The van der Waals surface area contributed by atoms with Gasteiger partial charge in [-0.05, 0) is 48.6 Å². The number of amides is 1. The van der Waals surface area contributed by atoms with Crippen LogP contribution in [0, 0.1) is 5.82 Å². The van der Waals surface area contributed by atoms with Gasteiger partial charge in [-0.3, -0.25) is 9.78 Å². The van der Waals surface area contributed by atoms with Crippen molar-refractivity contribution in [1.82, 2.24) is 10.3 Å². The van der Waals surface area contributed by atoms with E-state index in [0.717, 1.165) is 24.0 Å². The fraction of sp³-hybridized carbons (Fsp3) is 0.333. The van der Waals surface area contributed by atoms with E-state index in [4.69, 9.17) is 4.74 Å². The first-order valence-electron chi connectivity index (χ1n) is 7.78. The first kappa shape index (κ1) is 15.6. The average molecular weight is 314 g/mol. The van der Waals surface area contributed by atoms with Crippen molar-refractivity contribution in [2.24, 2.45) is 0 Å². The number of carbonyl (C=O) groups excluding carboxylic acids is 1. The molecule has 0 radical (unpaired) electrons. The molecule has 1 amide bonds. The number of benzene rings is 1. The van der Waals surface area contributed by atoms with Crippen LogP contribution in [0.4, 0.5) is 4.39 Å². The predicted molar refractivity (Wildman–Crippen MR) is 84.8 cm³/mol. The summed E-state index contributed by atoms with van der Waals surface area (Å²) in [6.45, 7) is 1.38. The van der Waals surface area contributed by atoms with Crippen LogP contribution in [0.3, 0.4) is 0 Å². The lowest BCUT2D eigenvalue weighted by Gasteiger charge is -2.23. The molecule has 1 fully saturated rings. The Bertz CT molecular complexity index is 667. The van der Waals surface area contributed by atoms with Crippen molar-refractivity contribution >= 4 is 5.91 Å². The van der Waals surface area contributed by atoms with E-state index >= 15 is 0 Å². The van der Waals surface area contributed by atoms with Crippen molar-refractivity contribution in [2.75, 3.05) is 13.2 Å². The highest BCUT2D eigenvalue weighted by Gasteiger charge is 2.17. The number of pyridine rings is 1. The van der Waals surface area contributed by atoms with Crippen LogP contribution in [0.5, 0.6) is 0 Å². The molecule has 1 saturated heterocycles. The van der Waals surface area contributed by atoms with Gasteiger partial charge in [-0.15, -0.1) is 0 Å². The van der Waals surface area contributed by atoms with Crippen LogP contribution in [-0.2, 0) is 11.2 Å². The summed E-state index contributed by atoms with van der Waals surface area (Å²) in [6.07, 6.45) is 5.60. The molecular formula is C18H19FN2O2. The highest BCUT2D eigenvalue weighted by molar-refractivity contribution is 5.94. The molecule has 5 heteroatoms. The zero-order valence-electron chi connectivity index (χ0n) is 12.8. The third kappa shape index (κ3) is 4.36. The molecule has 120 valence electrons. The Morgan fingerprint density at radius 2 is 1.91 bits per heavy atom. The molecule has 1 aliphatic heterocycles. The lowest BCUT2D eigenvalue weighted by molar-refractivity contribution is 0.0696. The second kappa shape index (κ2) is 7.33. The smallest absolute Gasteiger partial charge is 0.253 e. The van der Waals surface area contributed by atoms with Gasteiger partial charge >= 0.3 is 0 Å². The Labute approximate surface area is 134 Å². The number of rotatable bonds is 4. The van der Waals surface area contributed by atoms with E-state index in [0.29, 0.717) is 25.2 Å². The number of halogens is 1. The van der Waals surface area contributed by atoms with Gasteiger partial charge in [0, 0.05) is 31.6 Å². The summed E-state index contributed by atoms with van der Waals surface area (Å²) in [5, 5.41) is 3.03. The third-order valence-electron chi connectivity index (χ3n) is 3.94. The molecular weight excluding hydrogens is 295 g/mol. The maximum absolute atomic E-state index is 12.9. The monoisotopic (exact) mass is 314 g/mol. The number of aromatic nitrogens is 1. The van der Waals surface area contributed by atoms with E-state index in [1.54, 1.807) is 24.5 Å². The zero-order valence-corrected chi connectivity index (χ0v) is 12.8. The Morgan fingerprint density at radius 3 is 2.65 bits per heavy atom. The summed E-state index contributed by atoms with van der Waals surface area (Å²) >= 11 is 0. The third-order valence-corrected chi connectivity index (χ3v) is 3.94. The SMILES string of the molecule is O=C(NC1CCOCC1)c1cncc(Cc2ccc(F)cc2)c1. The highest BCUT2D eigenvalue weighted by atomic mass is 19.1. The largest absolute Gasteiger partial charge is 0.381 e. The molecule has 0 saturated carbocycles. The summed E-state index contributed by atoms with van der Waals surface area (Å²) in [4.78, 5) is 16.5. The maximum Gasteiger partial charge on any atom is 0.253 e. The molecule has 3 rings (SSSR count). The Hall–Kier alpha value is -2.27. The lowest BCUT2D eigenvalue weighted by atomic mass is 10.0. The lowest BCUT2D eigenvalue weighted by Crippen LogP contribution is -2.38. The molecule has 1 N–H and O–H groups in total. The van der Waals surface area contributed by atoms with Crippen LogP contribution < -0.4 is 5.32 Å². The van der Waals surface area contributed by atoms with Crippen LogP contribution in [0.1, 0.15) is 34.3 Å². The van der Waals surface area contributed by atoms with Gasteiger partial charge in [-0.2, -0.15) is 0 Å². The average Bonchev–Trinajstić information content (AvgIpc) is 2.58. The van der Waals surface area contributed by atoms with Crippen LogP contribution >= 0.6 is 0 Å². The van der Waals surface area contributed by atoms with E-state index in [1.165, 1.54) is 12.1 Å². The first-order valence-corrected chi connectivity index (χ1v) is 7.78. The summed E-state index contributed by atoms with van der Waals surface area (Å²) in [6, 6.07) is 8.35. The number of hydrogen-bond acceptors (Lipinski definition) is 3. The van der Waals surface area contributed by atoms with Crippen LogP contribution in [0.2, 0.25) is 0 Å². The van der Waals surface area contributed by atoms with E-state index < -0.39 is 0 Å². The quantitative estimate of drug-likeness (QED) is 0.944. The van der Waals surface area contributed by atoms with E-state index in [-0.39, 0.29) is 17.8 Å². The fourth-order valence-corrected chi connectivity index (χ4v) is 2.66. The van der Waals surface area contributed by atoms with Gasteiger partial charge in [0.1, 0.15) is 5.82 Å². The molecule has 1 aromatic heterocycles. The zero-order chi connectivity index (χ0) is 16.1. The van der Waals surface area contributed by atoms with E-state index in [1.807, 2.05) is 6.07 Å².